The minimum absolute atomic E-state index is 0.00292. The Morgan fingerprint density at radius 1 is 1.08 bits per heavy atom. The summed E-state index contributed by atoms with van der Waals surface area (Å²) in [7, 11) is -0.232. The molecule has 1 N–H and O–H groups in total. The van der Waals surface area contributed by atoms with E-state index in [9.17, 15) is 8.42 Å². The van der Waals surface area contributed by atoms with Crippen molar-refractivity contribution in [1.82, 2.24) is 4.98 Å². The summed E-state index contributed by atoms with van der Waals surface area (Å²) in [6, 6.07) is 12.5. The SMILES string of the molecule is COc1ccc(NS(=O)(=O)CCSc2nc3ccc(OC)cc3s2)cc1. The summed E-state index contributed by atoms with van der Waals surface area (Å²) < 4.78 is 39.1. The molecule has 26 heavy (non-hydrogen) atoms. The van der Waals surface area contributed by atoms with Gasteiger partial charge in [0.1, 0.15) is 11.5 Å². The maximum atomic E-state index is 12.2. The Hall–Kier alpha value is -1.97. The topological polar surface area (TPSA) is 77.5 Å². The van der Waals surface area contributed by atoms with Crippen molar-refractivity contribution in [1.29, 1.82) is 0 Å². The van der Waals surface area contributed by atoms with Crippen LogP contribution in [-0.2, 0) is 10.0 Å². The van der Waals surface area contributed by atoms with Crippen LogP contribution in [0, 0.1) is 0 Å². The quantitative estimate of drug-likeness (QED) is 0.569. The van der Waals surface area contributed by atoms with E-state index in [1.807, 2.05) is 18.2 Å². The third kappa shape index (κ3) is 4.80. The average molecular weight is 411 g/mol. The predicted octanol–water partition coefficient (Wildman–Crippen LogP) is 3.85. The highest BCUT2D eigenvalue weighted by molar-refractivity contribution is 8.02. The van der Waals surface area contributed by atoms with E-state index in [0.717, 1.165) is 20.3 Å². The Morgan fingerprint density at radius 2 is 1.77 bits per heavy atom. The molecule has 0 amide bonds. The van der Waals surface area contributed by atoms with Crippen molar-refractivity contribution in [2.75, 3.05) is 30.4 Å². The Morgan fingerprint density at radius 3 is 2.46 bits per heavy atom. The van der Waals surface area contributed by atoms with Gasteiger partial charge in [0.15, 0.2) is 4.34 Å². The number of nitrogens with zero attached hydrogens (tertiary/aromatic N) is 1. The van der Waals surface area contributed by atoms with Crippen molar-refractivity contribution in [2.45, 2.75) is 4.34 Å². The van der Waals surface area contributed by atoms with Crippen LogP contribution in [0.2, 0.25) is 0 Å². The molecule has 0 radical (unpaired) electrons. The molecule has 0 aliphatic heterocycles. The molecule has 9 heteroatoms. The smallest absolute Gasteiger partial charge is 0.233 e. The van der Waals surface area contributed by atoms with Gasteiger partial charge in [-0.2, -0.15) is 0 Å². The Kier molecular flexibility index (Phi) is 5.90. The van der Waals surface area contributed by atoms with Crippen LogP contribution in [0.4, 0.5) is 5.69 Å². The summed E-state index contributed by atoms with van der Waals surface area (Å²) in [6.07, 6.45) is 0. The van der Waals surface area contributed by atoms with Gasteiger partial charge in [-0.3, -0.25) is 4.72 Å². The number of sulfonamides is 1. The number of methoxy groups -OCH3 is 2. The number of nitrogens with one attached hydrogen (secondary N) is 1. The average Bonchev–Trinajstić information content (AvgIpc) is 3.03. The lowest BCUT2D eigenvalue weighted by molar-refractivity contribution is 0.415. The van der Waals surface area contributed by atoms with Gasteiger partial charge in [0.2, 0.25) is 10.0 Å². The van der Waals surface area contributed by atoms with Crippen LogP contribution in [0.1, 0.15) is 0 Å². The zero-order chi connectivity index (χ0) is 18.6. The van der Waals surface area contributed by atoms with Gasteiger partial charge >= 0.3 is 0 Å². The van der Waals surface area contributed by atoms with Crippen LogP contribution >= 0.6 is 23.1 Å². The molecule has 0 saturated heterocycles. The molecule has 2 aromatic carbocycles. The highest BCUT2D eigenvalue weighted by Crippen LogP contribution is 2.31. The summed E-state index contributed by atoms with van der Waals surface area (Å²) in [5.41, 5.74) is 1.40. The van der Waals surface area contributed by atoms with Gasteiger partial charge in [0.05, 0.1) is 30.2 Å². The van der Waals surface area contributed by atoms with E-state index in [2.05, 4.69) is 9.71 Å². The van der Waals surface area contributed by atoms with Crippen molar-refractivity contribution in [3.05, 3.63) is 42.5 Å². The van der Waals surface area contributed by atoms with Gasteiger partial charge in [-0.25, -0.2) is 13.4 Å². The Labute approximate surface area is 160 Å². The number of thioether (sulfide) groups is 1. The normalized spacial score (nSPS) is 11.5. The fourth-order valence-electron chi connectivity index (χ4n) is 2.20. The zero-order valence-electron chi connectivity index (χ0n) is 14.3. The second-order valence-corrected chi connectivity index (χ2v) is 9.53. The molecule has 0 spiro atoms. The Bertz CT molecular complexity index is 985. The van der Waals surface area contributed by atoms with Gasteiger partial charge in [-0.1, -0.05) is 11.8 Å². The van der Waals surface area contributed by atoms with E-state index in [4.69, 9.17) is 9.47 Å². The van der Waals surface area contributed by atoms with Crippen LogP contribution < -0.4 is 14.2 Å². The Balaban J connectivity index is 1.57. The lowest BCUT2D eigenvalue weighted by Crippen LogP contribution is -2.18. The number of aromatic nitrogens is 1. The molecule has 138 valence electrons. The second kappa shape index (κ2) is 8.15. The first kappa shape index (κ1) is 18.8. The van der Waals surface area contributed by atoms with Crippen molar-refractivity contribution >= 4 is 49.0 Å². The standard InChI is InChI=1S/C17H18N2O4S3/c1-22-13-5-3-12(4-6-13)19-26(20,21)10-9-24-17-18-15-8-7-14(23-2)11-16(15)25-17/h3-8,11,19H,9-10H2,1-2H3. The highest BCUT2D eigenvalue weighted by Gasteiger charge is 2.12. The third-order valence-corrected chi connectivity index (χ3v) is 7.23. The van der Waals surface area contributed by atoms with E-state index in [0.29, 0.717) is 17.2 Å². The minimum Gasteiger partial charge on any atom is -0.497 e. The van der Waals surface area contributed by atoms with Crippen LogP contribution in [0.25, 0.3) is 10.2 Å². The van der Waals surface area contributed by atoms with Gasteiger partial charge in [-0.15, -0.1) is 11.3 Å². The van der Waals surface area contributed by atoms with E-state index in [1.165, 1.54) is 23.1 Å². The molecule has 6 nitrogen and oxygen atoms in total. The summed E-state index contributed by atoms with van der Waals surface area (Å²) in [5, 5.41) is 0. The molecule has 0 bridgehead atoms. The molecule has 0 saturated carbocycles. The number of thiazole rings is 1. The first-order valence-corrected chi connectivity index (χ1v) is 11.2. The molecule has 0 aliphatic rings. The van der Waals surface area contributed by atoms with Crippen molar-refractivity contribution in [3.63, 3.8) is 0 Å². The molecule has 3 aromatic rings. The first-order valence-electron chi connectivity index (χ1n) is 7.71. The number of fused-ring (bicyclic) bond motifs is 1. The highest BCUT2D eigenvalue weighted by atomic mass is 32.2. The summed E-state index contributed by atoms with van der Waals surface area (Å²) in [6.45, 7) is 0. The molecular weight excluding hydrogens is 392 g/mol. The lowest BCUT2D eigenvalue weighted by Gasteiger charge is -2.08. The van der Waals surface area contributed by atoms with Crippen LogP contribution in [-0.4, -0.2) is 39.1 Å². The van der Waals surface area contributed by atoms with E-state index in [-0.39, 0.29) is 5.75 Å². The molecule has 0 fully saturated rings. The van der Waals surface area contributed by atoms with Gasteiger partial charge in [-0.05, 0) is 42.5 Å². The monoisotopic (exact) mass is 410 g/mol. The fourth-order valence-corrected chi connectivity index (χ4v) is 5.83. The minimum atomic E-state index is -3.42. The number of hydrogen-bond acceptors (Lipinski definition) is 7. The third-order valence-electron chi connectivity index (χ3n) is 3.52. The second-order valence-electron chi connectivity index (χ2n) is 5.31. The lowest BCUT2D eigenvalue weighted by atomic mass is 10.3. The summed E-state index contributed by atoms with van der Waals surface area (Å²) in [5.74, 6) is 1.88. The maximum Gasteiger partial charge on any atom is 0.233 e. The van der Waals surface area contributed by atoms with E-state index < -0.39 is 10.0 Å². The fraction of sp³-hybridized carbons (Fsp3) is 0.235. The van der Waals surface area contributed by atoms with Crippen molar-refractivity contribution in [3.8, 4) is 11.5 Å². The van der Waals surface area contributed by atoms with Gasteiger partial charge in [0, 0.05) is 11.4 Å². The van der Waals surface area contributed by atoms with Crippen LogP contribution in [0.15, 0.2) is 46.8 Å². The molecule has 0 atom stereocenters. The predicted molar refractivity (Wildman–Crippen MR) is 107 cm³/mol. The zero-order valence-corrected chi connectivity index (χ0v) is 16.7. The molecule has 3 rings (SSSR count). The van der Waals surface area contributed by atoms with Gasteiger partial charge < -0.3 is 9.47 Å². The molecule has 0 aliphatic carbocycles. The number of benzene rings is 2. The largest absolute Gasteiger partial charge is 0.497 e. The number of rotatable bonds is 8. The van der Waals surface area contributed by atoms with Crippen molar-refractivity contribution in [2.24, 2.45) is 0 Å². The molecular formula is C17H18N2O4S3. The molecule has 1 aromatic heterocycles. The summed E-state index contributed by atoms with van der Waals surface area (Å²) >= 11 is 2.96. The van der Waals surface area contributed by atoms with Crippen LogP contribution in [0.5, 0.6) is 11.5 Å². The maximum absolute atomic E-state index is 12.2. The van der Waals surface area contributed by atoms with E-state index in [1.54, 1.807) is 38.5 Å². The van der Waals surface area contributed by atoms with Crippen LogP contribution in [0.3, 0.4) is 0 Å². The molecule has 1 heterocycles. The summed E-state index contributed by atoms with van der Waals surface area (Å²) in [4.78, 5) is 4.51. The number of ether oxygens (including phenoxy) is 2. The number of hydrogen-bond donors (Lipinski definition) is 1. The number of anilines is 1. The molecule has 0 unspecified atom stereocenters. The van der Waals surface area contributed by atoms with E-state index >= 15 is 0 Å². The van der Waals surface area contributed by atoms with Crippen molar-refractivity contribution < 1.29 is 17.9 Å². The first-order chi connectivity index (χ1) is 12.5. The van der Waals surface area contributed by atoms with Gasteiger partial charge in [0.25, 0.3) is 0 Å².